The molecule has 0 saturated carbocycles. The summed E-state index contributed by atoms with van der Waals surface area (Å²) in [7, 11) is -0.0118. The maximum absolute atomic E-state index is 12.8. The van der Waals surface area contributed by atoms with Crippen molar-refractivity contribution in [3.05, 3.63) is 41.5 Å². The minimum atomic E-state index is -3.74. The average molecular weight is 411 g/mol. The highest BCUT2D eigenvalue weighted by Gasteiger charge is 2.53. The van der Waals surface area contributed by atoms with E-state index in [0.29, 0.717) is 5.57 Å². The molecule has 1 heterocycles. The molecular formula is C19H25NO7S. The SMILES string of the molecule is COC(=O)C1(C(=O)OC)CC(CN(C)S(=O)(=O)c2ccc(C)cc2)=CC(C)O1. The standard InChI is InChI=1S/C19H25NO7S/c1-13-6-8-16(9-7-13)28(23,24)20(3)12-15-10-14(2)27-19(11-15,17(21)25-4)18(22)26-5/h6-10,14H,11-12H2,1-5H3. The molecule has 28 heavy (non-hydrogen) atoms. The van der Waals surface area contributed by atoms with Crippen LogP contribution in [-0.4, -0.2) is 64.2 Å². The molecule has 9 heteroatoms. The Balaban J connectivity index is 2.30. The number of hydrogen-bond acceptors (Lipinski definition) is 7. The van der Waals surface area contributed by atoms with Gasteiger partial charge < -0.3 is 14.2 Å². The third-order valence-electron chi connectivity index (χ3n) is 4.52. The highest BCUT2D eigenvalue weighted by atomic mass is 32.2. The molecule has 1 aliphatic heterocycles. The van der Waals surface area contributed by atoms with Gasteiger partial charge in [0, 0.05) is 20.0 Å². The number of aryl methyl sites for hydroxylation is 1. The summed E-state index contributed by atoms with van der Waals surface area (Å²) in [6.45, 7) is 3.50. The smallest absolute Gasteiger partial charge is 0.350 e. The van der Waals surface area contributed by atoms with Gasteiger partial charge in [-0.15, -0.1) is 0 Å². The maximum Gasteiger partial charge on any atom is 0.350 e. The summed E-state index contributed by atoms with van der Waals surface area (Å²) in [5.41, 5.74) is -0.460. The predicted molar refractivity (Wildman–Crippen MR) is 101 cm³/mol. The summed E-state index contributed by atoms with van der Waals surface area (Å²) in [6.07, 6.45) is 0.910. The second-order valence-electron chi connectivity index (χ2n) is 6.71. The van der Waals surface area contributed by atoms with Crippen molar-refractivity contribution in [2.45, 2.75) is 36.9 Å². The summed E-state index contributed by atoms with van der Waals surface area (Å²) in [5, 5.41) is 0. The lowest BCUT2D eigenvalue weighted by Gasteiger charge is -2.35. The van der Waals surface area contributed by atoms with Gasteiger partial charge in [-0.05, 0) is 26.0 Å². The molecule has 2 rings (SSSR count). The number of ether oxygens (including phenoxy) is 3. The molecule has 0 N–H and O–H groups in total. The number of carbonyl (C=O) groups excluding carboxylic acids is 2. The van der Waals surface area contributed by atoms with E-state index in [1.165, 1.54) is 23.5 Å². The normalized spacial score (nSPS) is 19.1. The molecule has 1 unspecified atom stereocenters. The zero-order chi connectivity index (χ0) is 21.1. The Labute approximate surface area is 165 Å². The predicted octanol–water partition coefficient (Wildman–Crippen LogP) is 1.44. The van der Waals surface area contributed by atoms with Crippen LogP contribution in [0.15, 0.2) is 40.8 Å². The van der Waals surface area contributed by atoms with E-state index < -0.39 is 33.7 Å². The Morgan fingerprint density at radius 3 is 2.21 bits per heavy atom. The Hall–Kier alpha value is -2.23. The van der Waals surface area contributed by atoms with Gasteiger partial charge in [0.05, 0.1) is 25.2 Å². The molecule has 0 saturated heterocycles. The summed E-state index contributed by atoms with van der Waals surface area (Å²) in [6, 6.07) is 6.51. The number of sulfonamides is 1. The van der Waals surface area contributed by atoms with Crippen LogP contribution >= 0.6 is 0 Å². The first-order valence-electron chi connectivity index (χ1n) is 8.64. The van der Waals surface area contributed by atoms with Gasteiger partial charge >= 0.3 is 11.9 Å². The minimum absolute atomic E-state index is 0.0142. The van der Waals surface area contributed by atoms with E-state index in [4.69, 9.17) is 14.2 Å². The number of rotatable bonds is 6. The quantitative estimate of drug-likeness (QED) is 0.397. The van der Waals surface area contributed by atoms with Crippen LogP contribution in [0.1, 0.15) is 18.9 Å². The lowest BCUT2D eigenvalue weighted by molar-refractivity contribution is -0.193. The molecule has 1 atom stereocenters. The van der Waals surface area contributed by atoms with E-state index in [1.54, 1.807) is 25.1 Å². The van der Waals surface area contributed by atoms with Gasteiger partial charge in [-0.1, -0.05) is 29.3 Å². The number of likely N-dealkylation sites (N-methyl/N-ethyl adjacent to an activating group) is 1. The molecule has 1 aromatic rings. The third-order valence-corrected chi connectivity index (χ3v) is 6.34. The van der Waals surface area contributed by atoms with Crippen LogP contribution in [0.4, 0.5) is 0 Å². The Bertz CT molecular complexity index is 858. The molecule has 0 spiro atoms. The summed E-state index contributed by atoms with van der Waals surface area (Å²) < 4.78 is 41.9. The van der Waals surface area contributed by atoms with Crippen molar-refractivity contribution in [1.82, 2.24) is 4.31 Å². The first-order valence-corrected chi connectivity index (χ1v) is 10.1. The van der Waals surface area contributed by atoms with Crippen LogP contribution in [0.2, 0.25) is 0 Å². The second kappa shape index (κ2) is 8.42. The maximum atomic E-state index is 12.8. The molecule has 0 aromatic heterocycles. The van der Waals surface area contributed by atoms with Gasteiger partial charge in [0.25, 0.3) is 5.60 Å². The average Bonchev–Trinajstić information content (AvgIpc) is 2.66. The van der Waals surface area contributed by atoms with Crippen molar-refractivity contribution in [3.8, 4) is 0 Å². The lowest BCUT2D eigenvalue weighted by Crippen LogP contribution is -2.54. The fraction of sp³-hybridized carbons (Fsp3) is 0.474. The van der Waals surface area contributed by atoms with Gasteiger partial charge in [-0.25, -0.2) is 18.0 Å². The molecule has 0 fully saturated rings. The van der Waals surface area contributed by atoms with Gasteiger partial charge in [-0.3, -0.25) is 0 Å². The van der Waals surface area contributed by atoms with E-state index in [-0.39, 0.29) is 17.9 Å². The molecular weight excluding hydrogens is 386 g/mol. The van der Waals surface area contributed by atoms with Crippen LogP contribution in [0.3, 0.4) is 0 Å². The van der Waals surface area contributed by atoms with Gasteiger partial charge in [0.15, 0.2) is 0 Å². The largest absolute Gasteiger partial charge is 0.466 e. The number of benzene rings is 1. The summed E-state index contributed by atoms with van der Waals surface area (Å²) in [4.78, 5) is 24.8. The van der Waals surface area contributed by atoms with Crippen LogP contribution < -0.4 is 0 Å². The minimum Gasteiger partial charge on any atom is -0.466 e. The summed E-state index contributed by atoms with van der Waals surface area (Å²) >= 11 is 0. The van der Waals surface area contributed by atoms with E-state index >= 15 is 0 Å². The number of carbonyl (C=O) groups is 2. The zero-order valence-electron chi connectivity index (χ0n) is 16.6. The Morgan fingerprint density at radius 1 is 1.18 bits per heavy atom. The Morgan fingerprint density at radius 2 is 1.71 bits per heavy atom. The van der Waals surface area contributed by atoms with Crippen LogP contribution in [0, 0.1) is 6.92 Å². The topological polar surface area (TPSA) is 99.2 Å². The highest BCUT2D eigenvalue weighted by Crippen LogP contribution is 2.32. The number of hydrogen-bond donors (Lipinski definition) is 0. The highest BCUT2D eigenvalue weighted by molar-refractivity contribution is 7.89. The third kappa shape index (κ3) is 4.26. The number of nitrogens with zero attached hydrogens (tertiary/aromatic N) is 1. The molecule has 1 aliphatic rings. The summed E-state index contributed by atoms with van der Waals surface area (Å²) in [5.74, 6) is -1.78. The van der Waals surface area contributed by atoms with Gasteiger partial charge in [-0.2, -0.15) is 4.31 Å². The molecule has 154 valence electrons. The molecule has 0 radical (unpaired) electrons. The van der Waals surface area contributed by atoms with E-state index in [9.17, 15) is 18.0 Å². The first-order chi connectivity index (χ1) is 13.1. The fourth-order valence-electron chi connectivity index (χ4n) is 3.13. The van der Waals surface area contributed by atoms with Crippen molar-refractivity contribution in [2.75, 3.05) is 27.8 Å². The van der Waals surface area contributed by atoms with Crippen molar-refractivity contribution in [3.63, 3.8) is 0 Å². The van der Waals surface area contributed by atoms with E-state index in [2.05, 4.69) is 0 Å². The van der Waals surface area contributed by atoms with Crippen molar-refractivity contribution < 1.29 is 32.2 Å². The van der Waals surface area contributed by atoms with Crippen LogP contribution in [-0.2, 0) is 33.8 Å². The Kier molecular flexibility index (Phi) is 6.63. The van der Waals surface area contributed by atoms with Gasteiger partial charge in [0.2, 0.25) is 10.0 Å². The van der Waals surface area contributed by atoms with E-state index in [0.717, 1.165) is 19.8 Å². The molecule has 0 aliphatic carbocycles. The fourth-order valence-corrected chi connectivity index (χ4v) is 4.30. The number of esters is 2. The lowest BCUT2D eigenvalue weighted by atomic mass is 9.90. The van der Waals surface area contributed by atoms with Crippen molar-refractivity contribution in [1.29, 1.82) is 0 Å². The monoisotopic (exact) mass is 411 g/mol. The molecule has 1 aromatic carbocycles. The van der Waals surface area contributed by atoms with Crippen LogP contribution in [0.5, 0.6) is 0 Å². The van der Waals surface area contributed by atoms with Crippen LogP contribution in [0.25, 0.3) is 0 Å². The molecule has 8 nitrogen and oxygen atoms in total. The first kappa shape index (κ1) is 22.1. The number of methoxy groups -OCH3 is 2. The molecule has 0 amide bonds. The van der Waals surface area contributed by atoms with Gasteiger partial charge in [0.1, 0.15) is 0 Å². The molecule has 0 bridgehead atoms. The second-order valence-corrected chi connectivity index (χ2v) is 8.75. The zero-order valence-corrected chi connectivity index (χ0v) is 17.4. The van der Waals surface area contributed by atoms with Crippen molar-refractivity contribution in [2.24, 2.45) is 0 Å². The van der Waals surface area contributed by atoms with E-state index in [1.807, 2.05) is 6.92 Å². The van der Waals surface area contributed by atoms with Crippen molar-refractivity contribution >= 4 is 22.0 Å².